The summed E-state index contributed by atoms with van der Waals surface area (Å²) in [5, 5.41) is 9.08. The van der Waals surface area contributed by atoms with Gasteiger partial charge in [-0.15, -0.1) is 35.4 Å². The van der Waals surface area contributed by atoms with Gasteiger partial charge in [0.25, 0.3) is 0 Å². The van der Waals surface area contributed by atoms with E-state index in [0.29, 0.717) is 11.1 Å². The average Bonchev–Trinajstić information content (AvgIpc) is 2.83. The van der Waals surface area contributed by atoms with E-state index in [9.17, 15) is 13.2 Å². The van der Waals surface area contributed by atoms with Gasteiger partial charge < -0.3 is 5.32 Å². The van der Waals surface area contributed by atoms with Crippen molar-refractivity contribution in [2.24, 2.45) is 0 Å². The van der Waals surface area contributed by atoms with Crippen LogP contribution in [0, 0.1) is 13.0 Å². The summed E-state index contributed by atoms with van der Waals surface area (Å²) in [5.41, 5.74) is 0.960. The Kier molecular flexibility index (Phi) is 5.08. The zero-order valence-electron chi connectivity index (χ0n) is 11.7. The Labute approximate surface area is 151 Å². The summed E-state index contributed by atoms with van der Waals surface area (Å²) in [4.78, 5) is 12.4. The van der Waals surface area contributed by atoms with E-state index in [2.05, 4.69) is 26.3 Å². The van der Waals surface area contributed by atoms with Crippen LogP contribution in [0.25, 0.3) is 6.08 Å². The van der Waals surface area contributed by atoms with Crippen LogP contribution in [0.5, 0.6) is 0 Å². The summed E-state index contributed by atoms with van der Waals surface area (Å²) in [6, 6.07) is 4.24. The van der Waals surface area contributed by atoms with Crippen LogP contribution < -0.4 is 5.32 Å². The predicted octanol–water partition coefficient (Wildman–Crippen LogP) is 1.88. The number of anilines is 1. The number of hydrogen-bond acceptors (Lipinski definition) is 6. The topological polar surface area (TPSA) is 102 Å². The molecule has 0 bridgehead atoms. The van der Waals surface area contributed by atoms with Crippen molar-refractivity contribution >= 4 is 39.2 Å². The Morgan fingerprint density at radius 3 is 2.83 bits per heavy atom. The van der Waals surface area contributed by atoms with Gasteiger partial charge in [0, 0.05) is 21.1 Å². The van der Waals surface area contributed by atoms with Gasteiger partial charge in [0.1, 0.15) is 9.84 Å². The van der Waals surface area contributed by atoms with Gasteiger partial charge in [-0.1, -0.05) is 18.5 Å². The minimum absolute atomic E-state index is 0. The Hall–Kier alpha value is -1.50. The van der Waals surface area contributed by atoms with E-state index in [-0.39, 0.29) is 48.2 Å². The van der Waals surface area contributed by atoms with Crippen molar-refractivity contribution in [2.75, 3.05) is 11.1 Å². The standard InChI is InChI=1S/C13H9ClN3O4S.W/c1-7-9(13(18)15-12-11(14)16-21-17-12)5-4-8-3-2-6-22(19,20)10(7)8;/h2-3,5H,6H2,1H3,(H,15,17,18);/q-1;. The summed E-state index contributed by atoms with van der Waals surface area (Å²) in [7, 11) is -3.47. The Bertz CT molecular complexity index is 908. The van der Waals surface area contributed by atoms with Gasteiger partial charge in [-0.3, -0.25) is 4.79 Å². The Morgan fingerprint density at radius 2 is 2.17 bits per heavy atom. The zero-order valence-corrected chi connectivity index (χ0v) is 16.2. The van der Waals surface area contributed by atoms with Crippen LogP contribution in [-0.4, -0.2) is 30.4 Å². The predicted molar refractivity (Wildman–Crippen MR) is 78.4 cm³/mol. The molecule has 23 heavy (non-hydrogen) atoms. The van der Waals surface area contributed by atoms with Gasteiger partial charge in [-0.25, -0.2) is 13.0 Å². The first-order valence-corrected chi connectivity index (χ1v) is 8.17. The van der Waals surface area contributed by atoms with E-state index in [1.54, 1.807) is 19.1 Å². The molecule has 10 heteroatoms. The third-order valence-corrected chi connectivity index (χ3v) is 5.22. The largest absolute Gasteiger partial charge is 0.309 e. The number of nitrogens with one attached hydrogen (secondary N) is 1. The van der Waals surface area contributed by atoms with E-state index in [4.69, 9.17) is 11.6 Å². The number of carbonyl (C=O) groups excluding carboxylic acids is 1. The molecule has 1 aromatic heterocycles. The maximum absolute atomic E-state index is 12.3. The molecule has 0 fully saturated rings. The van der Waals surface area contributed by atoms with Gasteiger partial charge in [0.2, 0.25) is 16.9 Å². The Morgan fingerprint density at radius 1 is 1.43 bits per heavy atom. The fourth-order valence-electron chi connectivity index (χ4n) is 2.21. The molecule has 1 N–H and O–H groups in total. The second-order valence-corrected chi connectivity index (χ2v) is 6.94. The molecule has 1 aliphatic heterocycles. The smallest absolute Gasteiger partial charge is 0.217 e. The van der Waals surface area contributed by atoms with Crippen LogP contribution in [0.4, 0.5) is 5.82 Å². The zero-order chi connectivity index (χ0) is 15.9. The number of aromatic nitrogens is 2. The second-order valence-electron chi connectivity index (χ2n) is 4.61. The first-order chi connectivity index (χ1) is 10.4. The third kappa shape index (κ3) is 3.24. The quantitative estimate of drug-likeness (QED) is 0.605. The van der Waals surface area contributed by atoms with Crippen LogP contribution >= 0.6 is 11.6 Å². The molecule has 0 spiro atoms. The molecule has 0 radical (unpaired) electrons. The number of fused-ring (bicyclic) bond motifs is 1. The Balaban J connectivity index is 0.00000192. The number of carbonyl (C=O) groups is 1. The molecule has 0 saturated carbocycles. The van der Waals surface area contributed by atoms with Gasteiger partial charge in [0.15, 0.2) is 0 Å². The summed E-state index contributed by atoms with van der Waals surface area (Å²) in [5.74, 6) is -0.704. The van der Waals surface area contributed by atoms with Crippen LogP contribution in [0.1, 0.15) is 21.5 Å². The maximum Gasteiger partial charge on any atom is 0.217 e. The molecule has 0 atom stereocenters. The molecular weight excluding hydrogens is 514 g/mol. The normalized spacial score (nSPS) is 14.7. The number of halogens is 1. The van der Waals surface area contributed by atoms with E-state index < -0.39 is 15.7 Å². The summed E-state index contributed by atoms with van der Waals surface area (Å²) in [6.45, 7) is 1.57. The minimum Gasteiger partial charge on any atom is -0.309 e. The van der Waals surface area contributed by atoms with E-state index in [1.807, 2.05) is 0 Å². The number of benzene rings is 1. The molecule has 1 amide bonds. The average molecular weight is 523 g/mol. The molecule has 7 nitrogen and oxygen atoms in total. The van der Waals surface area contributed by atoms with Crippen LogP contribution in [0.15, 0.2) is 21.7 Å². The van der Waals surface area contributed by atoms with Crippen molar-refractivity contribution in [3.05, 3.63) is 40.1 Å². The van der Waals surface area contributed by atoms with Crippen molar-refractivity contribution in [1.29, 1.82) is 0 Å². The van der Waals surface area contributed by atoms with Crippen LogP contribution in [0.3, 0.4) is 0 Å². The van der Waals surface area contributed by atoms with Crippen molar-refractivity contribution in [3.63, 3.8) is 0 Å². The fourth-order valence-corrected chi connectivity index (χ4v) is 3.88. The number of sulfone groups is 1. The fraction of sp³-hybridized carbons (Fsp3) is 0.154. The van der Waals surface area contributed by atoms with E-state index >= 15 is 0 Å². The van der Waals surface area contributed by atoms with Gasteiger partial charge in [0.05, 0.1) is 5.75 Å². The van der Waals surface area contributed by atoms with Gasteiger partial charge >= 0.3 is 0 Å². The van der Waals surface area contributed by atoms with Gasteiger partial charge in [-0.05, 0) is 20.8 Å². The molecule has 120 valence electrons. The summed E-state index contributed by atoms with van der Waals surface area (Å²) in [6.07, 6.45) is 3.22. The minimum atomic E-state index is -3.47. The summed E-state index contributed by atoms with van der Waals surface area (Å²) >= 11 is 5.68. The number of hydrogen-bond donors (Lipinski definition) is 1. The third-order valence-electron chi connectivity index (χ3n) is 3.20. The monoisotopic (exact) mass is 522 g/mol. The van der Waals surface area contributed by atoms with Crippen molar-refractivity contribution in [3.8, 4) is 0 Å². The van der Waals surface area contributed by atoms with Crippen molar-refractivity contribution in [2.45, 2.75) is 11.8 Å². The molecule has 2 aromatic rings. The summed E-state index contributed by atoms with van der Waals surface area (Å²) < 4.78 is 28.7. The SMILES string of the molecule is Cc1c(C(=O)Nc2nonc2Cl)c[c-]c2c1S(=O)(=O)CC=C2.[W]. The number of nitrogens with zero attached hydrogens (tertiary/aromatic N) is 2. The molecule has 3 rings (SSSR count). The van der Waals surface area contributed by atoms with E-state index in [1.165, 1.54) is 6.07 Å². The van der Waals surface area contributed by atoms with Crippen LogP contribution in [0.2, 0.25) is 5.15 Å². The molecule has 1 aliphatic rings. The van der Waals surface area contributed by atoms with Crippen LogP contribution in [-0.2, 0) is 30.9 Å². The first kappa shape index (κ1) is 17.8. The molecule has 0 saturated heterocycles. The first-order valence-electron chi connectivity index (χ1n) is 6.14. The molecule has 2 heterocycles. The van der Waals surface area contributed by atoms with Crippen molar-refractivity contribution < 1.29 is 38.9 Å². The maximum atomic E-state index is 12.3. The molecular formula is C13H9ClN3O4SW-. The van der Waals surface area contributed by atoms with E-state index in [0.717, 1.165) is 0 Å². The molecule has 0 aliphatic carbocycles. The van der Waals surface area contributed by atoms with Gasteiger partial charge in [-0.2, -0.15) is 0 Å². The number of rotatable bonds is 2. The second kappa shape index (κ2) is 6.55. The molecule has 1 aromatic carbocycles. The van der Waals surface area contributed by atoms with Crippen molar-refractivity contribution in [1.82, 2.24) is 10.3 Å². The molecule has 0 unspecified atom stereocenters. The number of amides is 1.